The number of carbonyl (C=O) groups excluding carboxylic acids is 1. The molecule has 0 spiro atoms. The van der Waals surface area contributed by atoms with E-state index in [-0.39, 0.29) is 17.9 Å². The van der Waals surface area contributed by atoms with Gasteiger partial charge in [-0.15, -0.1) is 0 Å². The van der Waals surface area contributed by atoms with Crippen molar-refractivity contribution < 1.29 is 14.6 Å². The monoisotopic (exact) mass is 230 g/mol. The standard InChI is InChI=1S/C11H22N2O3/c1-3-4-13(5-10(15)12-2)6-11(7-14)8-16-9-11/h14H,3-9H2,1-2H3,(H,12,15). The molecule has 0 radical (unpaired) electrons. The summed E-state index contributed by atoms with van der Waals surface area (Å²) in [7, 11) is 1.64. The predicted molar refractivity (Wildman–Crippen MR) is 61.1 cm³/mol. The molecule has 1 saturated heterocycles. The topological polar surface area (TPSA) is 61.8 Å². The van der Waals surface area contributed by atoms with E-state index >= 15 is 0 Å². The first-order valence-corrected chi connectivity index (χ1v) is 5.77. The highest BCUT2D eigenvalue weighted by Gasteiger charge is 2.39. The average Bonchev–Trinajstić information content (AvgIpc) is 2.23. The van der Waals surface area contributed by atoms with E-state index in [4.69, 9.17) is 4.74 Å². The fourth-order valence-electron chi connectivity index (χ4n) is 1.91. The normalized spacial score (nSPS) is 18.2. The molecule has 5 nitrogen and oxygen atoms in total. The Bertz CT molecular complexity index is 224. The first kappa shape index (κ1) is 13.4. The maximum absolute atomic E-state index is 11.3. The van der Waals surface area contributed by atoms with Gasteiger partial charge in [0.05, 0.1) is 31.8 Å². The number of ether oxygens (including phenoxy) is 1. The summed E-state index contributed by atoms with van der Waals surface area (Å²) in [4.78, 5) is 13.4. The van der Waals surface area contributed by atoms with Crippen LogP contribution in [0.25, 0.3) is 0 Å². The minimum atomic E-state index is -0.150. The lowest BCUT2D eigenvalue weighted by Crippen LogP contribution is -2.54. The Labute approximate surface area is 96.8 Å². The number of likely N-dealkylation sites (N-methyl/N-ethyl adjacent to an activating group) is 1. The first-order chi connectivity index (χ1) is 7.65. The molecule has 2 N–H and O–H groups in total. The van der Waals surface area contributed by atoms with Gasteiger partial charge in [0.25, 0.3) is 0 Å². The van der Waals surface area contributed by atoms with Gasteiger partial charge in [-0.2, -0.15) is 0 Å². The Balaban J connectivity index is 2.46. The number of aliphatic hydroxyl groups is 1. The van der Waals surface area contributed by atoms with Gasteiger partial charge in [-0.05, 0) is 13.0 Å². The van der Waals surface area contributed by atoms with Crippen molar-refractivity contribution in [3.05, 3.63) is 0 Å². The van der Waals surface area contributed by atoms with Crippen LogP contribution in [0.2, 0.25) is 0 Å². The Morgan fingerprint density at radius 2 is 2.25 bits per heavy atom. The van der Waals surface area contributed by atoms with Crippen LogP contribution in [0, 0.1) is 5.41 Å². The van der Waals surface area contributed by atoms with E-state index in [0.29, 0.717) is 19.8 Å². The third kappa shape index (κ3) is 3.43. The van der Waals surface area contributed by atoms with Gasteiger partial charge in [-0.1, -0.05) is 6.92 Å². The third-order valence-electron chi connectivity index (χ3n) is 2.90. The number of rotatable bonds is 7. The Kier molecular flexibility index (Phi) is 5.18. The Hall–Kier alpha value is -0.650. The van der Waals surface area contributed by atoms with Crippen molar-refractivity contribution in [1.82, 2.24) is 10.2 Å². The second-order valence-corrected chi connectivity index (χ2v) is 4.53. The van der Waals surface area contributed by atoms with Crippen LogP contribution in [0.1, 0.15) is 13.3 Å². The maximum atomic E-state index is 11.3. The molecule has 0 aromatic carbocycles. The third-order valence-corrected chi connectivity index (χ3v) is 2.90. The molecular weight excluding hydrogens is 208 g/mol. The quantitative estimate of drug-likeness (QED) is 0.616. The molecular formula is C11H22N2O3. The summed E-state index contributed by atoms with van der Waals surface area (Å²) in [6.45, 7) is 5.39. The van der Waals surface area contributed by atoms with Crippen LogP contribution in [-0.2, 0) is 9.53 Å². The van der Waals surface area contributed by atoms with Gasteiger partial charge in [0.1, 0.15) is 0 Å². The van der Waals surface area contributed by atoms with Gasteiger partial charge >= 0.3 is 0 Å². The van der Waals surface area contributed by atoms with Crippen LogP contribution in [0.3, 0.4) is 0 Å². The average molecular weight is 230 g/mol. The summed E-state index contributed by atoms with van der Waals surface area (Å²) >= 11 is 0. The molecule has 94 valence electrons. The van der Waals surface area contributed by atoms with Gasteiger partial charge in [0, 0.05) is 13.6 Å². The van der Waals surface area contributed by atoms with Gasteiger partial charge in [0.2, 0.25) is 5.91 Å². The zero-order valence-electron chi connectivity index (χ0n) is 10.2. The predicted octanol–water partition coefficient (Wildman–Crippen LogP) is -0.547. The molecule has 1 fully saturated rings. The summed E-state index contributed by atoms with van der Waals surface area (Å²) in [5.74, 6) is 0.0155. The highest BCUT2D eigenvalue weighted by molar-refractivity contribution is 5.77. The highest BCUT2D eigenvalue weighted by Crippen LogP contribution is 2.27. The van der Waals surface area contributed by atoms with Gasteiger partial charge in [-0.3, -0.25) is 9.69 Å². The van der Waals surface area contributed by atoms with Crippen LogP contribution in [-0.4, -0.2) is 62.4 Å². The SMILES string of the molecule is CCCN(CC(=O)NC)CC1(CO)COC1. The van der Waals surface area contributed by atoms with Crippen molar-refractivity contribution in [3.8, 4) is 0 Å². The van der Waals surface area contributed by atoms with Crippen LogP contribution in [0.4, 0.5) is 0 Å². The fourth-order valence-corrected chi connectivity index (χ4v) is 1.91. The molecule has 1 rings (SSSR count). The number of nitrogens with one attached hydrogen (secondary N) is 1. The lowest BCUT2D eigenvalue weighted by atomic mass is 9.86. The smallest absolute Gasteiger partial charge is 0.233 e. The highest BCUT2D eigenvalue weighted by atomic mass is 16.5. The van der Waals surface area contributed by atoms with E-state index in [1.165, 1.54) is 0 Å². The van der Waals surface area contributed by atoms with E-state index in [0.717, 1.165) is 19.5 Å². The molecule has 0 bridgehead atoms. The van der Waals surface area contributed by atoms with Crippen molar-refractivity contribution in [1.29, 1.82) is 0 Å². The number of hydrogen-bond donors (Lipinski definition) is 2. The number of aliphatic hydroxyl groups excluding tert-OH is 1. The molecule has 1 amide bonds. The second-order valence-electron chi connectivity index (χ2n) is 4.53. The minimum Gasteiger partial charge on any atom is -0.396 e. The largest absolute Gasteiger partial charge is 0.396 e. The lowest BCUT2D eigenvalue weighted by Gasteiger charge is -2.43. The zero-order chi connectivity index (χ0) is 12.0. The summed E-state index contributed by atoms with van der Waals surface area (Å²) in [6.07, 6.45) is 0.999. The molecule has 1 aliphatic heterocycles. The molecule has 0 aromatic heterocycles. The van der Waals surface area contributed by atoms with E-state index in [2.05, 4.69) is 17.1 Å². The maximum Gasteiger partial charge on any atom is 0.233 e. The Morgan fingerprint density at radius 1 is 1.56 bits per heavy atom. The molecule has 0 unspecified atom stereocenters. The fraction of sp³-hybridized carbons (Fsp3) is 0.909. The summed E-state index contributed by atoms with van der Waals surface area (Å²) in [5, 5.41) is 12.0. The second kappa shape index (κ2) is 6.18. The van der Waals surface area contributed by atoms with Crippen molar-refractivity contribution in [2.24, 2.45) is 5.41 Å². The molecule has 0 atom stereocenters. The molecule has 5 heteroatoms. The lowest BCUT2D eigenvalue weighted by molar-refractivity contribution is -0.150. The minimum absolute atomic E-state index is 0.0155. The molecule has 16 heavy (non-hydrogen) atoms. The molecule has 1 aliphatic rings. The molecule has 0 aromatic rings. The van der Waals surface area contributed by atoms with Gasteiger partial charge < -0.3 is 15.2 Å². The van der Waals surface area contributed by atoms with Crippen LogP contribution in [0.15, 0.2) is 0 Å². The summed E-state index contributed by atoms with van der Waals surface area (Å²) in [5.41, 5.74) is -0.150. The Morgan fingerprint density at radius 3 is 2.62 bits per heavy atom. The number of hydrogen-bond acceptors (Lipinski definition) is 4. The molecule has 0 aliphatic carbocycles. The number of amides is 1. The van der Waals surface area contributed by atoms with E-state index in [9.17, 15) is 9.90 Å². The van der Waals surface area contributed by atoms with Gasteiger partial charge in [0.15, 0.2) is 0 Å². The van der Waals surface area contributed by atoms with E-state index < -0.39 is 0 Å². The van der Waals surface area contributed by atoms with E-state index in [1.54, 1.807) is 7.05 Å². The molecule has 0 saturated carbocycles. The van der Waals surface area contributed by atoms with Crippen molar-refractivity contribution in [2.75, 3.05) is 46.5 Å². The van der Waals surface area contributed by atoms with Crippen molar-refractivity contribution >= 4 is 5.91 Å². The van der Waals surface area contributed by atoms with E-state index in [1.807, 2.05) is 0 Å². The summed E-state index contributed by atoms with van der Waals surface area (Å²) in [6, 6.07) is 0. The van der Waals surface area contributed by atoms with Crippen LogP contribution in [0.5, 0.6) is 0 Å². The zero-order valence-corrected chi connectivity index (χ0v) is 10.2. The summed E-state index contributed by atoms with van der Waals surface area (Å²) < 4.78 is 5.15. The van der Waals surface area contributed by atoms with Crippen molar-refractivity contribution in [2.45, 2.75) is 13.3 Å². The molecule has 1 heterocycles. The first-order valence-electron chi connectivity index (χ1n) is 5.77. The van der Waals surface area contributed by atoms with Crippen molar-refractivity contribution in [3.63, 3.8) is 0 Å². The van der Waals surface area contributed by atoms with Crippen LogP contribution >= 0.6 is 0 Å². The van der Waals surface area contributed by atoms with Crippen LogP contribution < -0.4 is 5.32 Å². The number of nitrogens with zero attached hydrogens (tertiary/aromatic N) is 1. The van der Waals surface area contributed by atoms with Gasteiger partial charge in [-0.25, -0.2) is 0 Å². The number of carbonyl (C=O) groups is 1.